The molecule has 11 nitrogen and oxygen atoms in total. The van der Waals surface area contributed by atoms with E-state index in [4.69, 9.17) is 4.74 Å². The lowest BCUT2D eigenvalue weighted by Crippen LogP contribution is -2.55. The largest absolute Gasteiger partial charge is 0.496 e. The zero-order valence-corrected chi connectivity index (χ0v) is 22.6. The summed E-state index contributed by atoms with van der Waals surface area (Å²) < 4.78 is 19.1. The van der Waals surface area contributed by atoms with Crippen molar-refractivity contribution in [1.29, 1.82) is 0 Å². The van der Waals surface area contributed by atoms with Crippen LogP contribution in [0.2, 0.25) is 0 Å². The van der Waals surface area contributed by atoms with Crippen LogP contribution < -0.4 is 20.7 Å². The van der Waals surface area contributed by atoms with Gasteiger partial charge in [-0.05, 0) is 43.2 Å². The maximum absolute atomic E-state index is 13.8. The summed E-state index contributed by atoms with van der Waals surface area (Å²) in [6.45, 7) is 4.00. The van der Waals surface area contributed by atoms with Gasteiger partial charge in [0.1, 0.15) is 17.6 Å². The van der Waals surface area contributed by atoms with Crippen LogP contribution >= 0.6 is 0 Å². The lowest BCUT2D eigenvalue weighted by molar-refractivity contribution is -0.140. The highest BCUT2D eigenvalue weighted by atomic mass is 19.1. The number of amides is 3. The van der Waals surface area contributed by atoms with Crippen molar-refractivity contribution in [2.75, 3.05) is 13.7 Å². The number of carboxylic acid groups (broad SMARTS) is 1. The van der Waals surface area contributed by atoms with Crippen LogP contribution in [0.5, 0.6) is 5.75 Å². The topological polar surface area (TPSA) is 168 Å². The lowest BCUT2D eigenvalue weighted by Gasteiger charge is -2.25. The van der Waals surface area contributed by atoms with Crippen LogP contribution in [0.4, 0.5) is 4.39 Å². The molecule has 214 valence electrons. The maximum atomic E-state index is 13.8. The van der Waals surface area contributed by atoms with E-state index in [1.54, 1.807) is 26.0 Å². The first kappa shape index (κ1) is 31.6. The van der Waals surface area contributed by atoms with Crippen molar-refractivity contribution >= 4 is 35.3 Å². The van der Waals surface area contributed by atoms with Gasteiger partial charge in [-0.15, -0.1) is 0 Å². The van der Waals surface area contributed by atoms with Crippen LogP contribution in [-0.2, 0) is 25.6 Å². The highest BCUT2D eigenvalue weighted by Crippen LogP contribution is 2.21. The summed E-state index contributed by atoms with van der Waals surface area (Å²) in [7, 11) is 1.41. The van der Waals surface area contributed by atoms with Crippen LogP contribution in [0.15, 0.2) is 42.5 Å². The Morgan fingerprint density at radius 3 is 2.25 bits per heavy atom. The SMILES string of the molecule is COc1ccc(C(C)=O)cc1CC(=O)N[C@H](C(=O)N[C@@H](CC(=O)O)C(=O)CNC(=O)c1ccccc1F)C(C)C. The van der Waals surface area contributed by atoms with E-state index < -0.39 is 66.3 Å². The summed E-state index contributed by atoms with van der Waals surface area (Å²) in [5.74, 6) is -5.60. The first-order valence-electron chi connectivity index (χ1n) is 12.4. The minimum Gasteiger partial charge on any atom is -0.496 e. The smallest absolute Gasteiger partial charge is 0.305 e. The number of aliphatic carboxylic acids is 1. The number of Topliss-reactive ketones (excluding diaryl/α,β-unsaturated/α-hetero) is 2. The molecule has 4 N–H and O–H groups in total. The van der Waals surface area contributed by atoms with E-state index in [0.717, 1.165) is 6.07 Å². The van der Waals surface area contributed by atoms with Crippen molar-refractivity contribution in [3.63, 3.8) is 0 Å². The van der Waals surface area contributed by atoms with Crippen LogP contribution in [-0.4, -0.2) is 66.1 Å². The van der Waals surface area contributed by atoms with Crippen LogP contribution in [0.3, 0.4) is 0 Å². The first-order chi connectivity index (χ1) is 18.8. The summed E-state index contributed by atoms with van der Waals surface area (Å²) in [6, 6.07) is 7.06. The van der Waals surface area contributed by atoms with E-state index in [0.29, 0.717) is 16.9 Å². The van der Waals surface area contributed by atoms with Crippen LogP contribution in [0.1, 0.15) is 53.5 Å². The van der Waals surface area contributed by atoms with E-state index >= 15 is 0 Å². The van der Waals surface area contributed by atoms with E-state index in [9.17, 15) is 38.3 Å². The van der Waals surface area contributed by atoms with Gasteiger partial charge in [0, 0.05) is 11.1 Å². The van der Waals surface area contributed by atoms with E-state index in [-0.39, 0.29) is 17.8 Å². The zero-order valence-electron chi connectivity index (χ0n) is 22.6. The zero-order chi connectivity index (χ0) is 30.0. The summed E-state index contributed by atoms with van der Waals surface area (Å²) in [5.41, 5.74) is 0.487. The molecule has 0 aliphatic carbocycles. The molecular formula is C28H32FN3O8. The minimum absolute atomic E-state index is 0.206. The lowest BCUT2D eigenvalue weighted by atomic mass is 10.00. The number of halogens is 1. The molecule has 0 aliphatic rings. The molecule has 3 amide bonds. The van der Waals surface area contributed by atoms with Crippen molar-refractivity contribution < 1.29 is 43.0 Å². The Morgan fingerprint density at radius 1 is 1.00 bits per heavy atom. The van der Waals surface area contributed by atoms with Crippen molar-refractivity contribution in [2.24, 2.45) is 5.92 Å². The molecular weight excluding hydrogens is 525 g/mol. The number of carbonyl (C=O) groups is 6. The Morgan fingerprint density at radius 2 is 1.68 bits per heavy atom. The van der Waals surface area contributed by atoms with Gasteiger partial charge < -0.3 is 25.8 Å². The van der Waals surface area contributed by atoms with Gasteiger partial charge in [-0.1, -0.05) is 26.0 Å². The molecule has 0 aliphatic heterocycles. The fraction of sp³-hybridized carbons (Fsp3) is 0.357. The number of rotatable bonds is 14. The summed E-state index contributed by atoms with van der Waals surface area (Å²) in [4.78, 5) is 74.0. The molecule has 0 fully saturated rings. The highest BCUT2D eigenvalue weighted by Gasteiger charge is 2.30. The Kier molecular flexibility index (Phi) is 11.5. The second-order valence-corrected chi connectivity index (χ2v) is 9.34. The molecule has 40 heavy (non-hydrogen) atoms. The molecule has 0 bridgehead atoms. The monoisotopic (exact) mass is 557 g/mol. The van der Waals surface area contributed by atoms with Gasteiger partial charge in [-0.3, -0.25) is 28.8 Å². The average Bonchev–Trinajstić information content (AvgIpc) is 2.89. The second-order valence-electron chi connectivity index (χ2n) is 9.34. The number of ether oxygens (including phenoxy) is 1. The van der Waals surface area contributed by atoms with E-state index in [1.807, 2.05) is 0 Å². The van der Waals surface area contributed by atoms with Gasteiger partial charge in [0.25, 0.3) is 5.91 Å². The first-order valence-corrected chi connectivity index (χ1v) is 12.4. The van der Waals surface area contributed by atoms with Crippen molar-refractivity contribution in [1.82, 2.24) is 16.0 Å². The molecule has 2 aromatic rings. The van der Waals surface area contributed by atoms with Gasteiger partial charge in [0.15, 0.2) is 11.6 Å². The predicted octanol–water partition coefficient (Wildman–Crippen LogP) is 1.68. The van der Waals surface area contributed by atoms with E-state index in [2.05, 4.69) is 16.0 Å². The molecule has 0 aromatic heterocycles. The fourth-order valence-electron chi connectivity index (χ4n) is 3.78. The molecule has 0 saturated carbocycles. The number of methoxy groups -OCH3 is 1. The third-order valence-electron chi connectivity index (χ3n) is 5.93. The van der Waals surface area contributed by atoms with Gasteiger partial charge in [-0.2, -0.15) is 0 Å². The molecule has 0 unspecified atom stereocenters. The number of benzene rings is 2. The van der Waals surface area contributed by atoms with Gasteiger partial charge >= 0.3 is 5.97 Å². The number of ketones is 2. The number of carbonyl (C=O) groups excluding carboxylic acids is 5. The standard InChI is InChI=1S/C28H32FN3O8/c1-15(2)26(32-24(35)12-18-11-17(16(3)33)9-10-23(18)40-4)28(39)31-21(13-25(36)37)22(34)14-30-27(38)19-7-5-6-8-20(19)29/h5-11,15,21,26H,12-14H2,1-4H3,(H,30,38)(H,31,39)(H,32,35)(H,36,37)/t21-,26-/m0/s1. The molecule has 0 saturated heterocycles. The van der Waals surface area contributed by atoms with Crippen LogP contribution in [0, 0.1) is 11.7 Å². The normalized spacial score (nSPS) is 12.2. The Balaban J connectivity index is 2.11. The van der Waals surface area contributed by atoms with Gasteiger partial charge in [-0.25, -0.2) is 4.39 Å². The van der Waals surface area contributed by atoms with Crippen molar-refractivity contribution in [3.8, 4) is 5.75 Å². The molecule has 2 rings (SSSR count). The third kappa shape index (κ3) is 9.00. The van der Waals surface area contributed by atoms with Crippen LogP contribution in [0.25, 0.3) is 0 Å². The fourth-order valence-corrected chi connectivity index (χ4v) is 3.78. The number of carboxylic acids is 1. The predicted molar refractivity (Wildman–Crippen MR) is 141 cm³/mol. The van der Waals surface area contributed by atoms with Gasteiger partial charge in [0.05, 0.1) is 38.1 Å². The summed E-state index contributed by atoms with van der Waals surface area (Å²) in [5, 5.41) is 16.4. The average molecular weight is 558 g/mol. The van der Waals surface area contributed by atoms with Gasteiger partial charge in [0.2, 0.25) is 11.8 Å². The second kappa shape index (κ2) is 14.5. The van der Waals surface area contributed by atoms with Crippen molar-refractivity contribution in [2.45, 2.75) is 45.7 Å². The third-order valence-corrected chi connectivity index (χ3v) is 5.93. The molecule has 0 spiro atoms. The Hall–Kier alpha value is -4.61. The van der Waals surface area contributed by atoms with Crippen molar-refractivity contribution in [3.05, 3.63) is 65.0 Å². The highest BCUT2D eigenvalue weighted by molar-refractivity contribution is 6.00. The summed E-state index contributed by atoms with van der Waals surface area (Å²) >= 11 is 0. The number of hydrogen-bond acceptors (Lipinski definition) is 7. The van der Waals surface area contributed by atoms with E-state index in [1.165, 1.54) is 38.3 Å². The number of nitrogens with one attached hydrogen (secondary N) is 3. The maximum Gasteiger partial charge on any atom is 0.305 e. The molecule has 12 heteroatoms. The Bertz CT molecular complexity index is 1290. The molecule has 0 heterocycles. The minimum atomic E-state index is -1.53. The Labute approximate surface area is 230 Å². The summed E-state index contributed by atoms with van der Waals surface area (Å²) in [6.07, 6.45) is -1.01. The quantitative estimate of drug-likeness (QED) is 0.255. The number of hydrogen-bond donors (Lipinski definition) is 4. The molecule has 2 aromatic carbocycles. The molecule has 0 radical (unpaired) electrons. The molecule has 2 atom stereocenters.